The number of benzene rings is 1. The van der Waals surface area contributed by atoms with Gasteiger partial charge in [-0.25, -0.2) is 9.97 Å². The van der Waals surface area contributed by atoms with E-state index in [1.165, 1.54) is 19.3 Å². The fraction of sp³-hybridized carbons (Fsp3) is 0.500. The van der Waals surface area contributed by atoms with Crippen LogP contribution in [0.1, 0.15) is 31.2 Å². The van der Waals surface area contributed by atoms with Crippen molar-refractivity contribution in [2.75, 3.05) is 24.6 Å². The van der Waals surface area contributed by atoms with Gasteiger partial charge in [-0.05, 0) is 61.1 Å². The zero-order chi connectivity index (χ0) is 20.2. The maximum atomic E-state index is 10.7. The molecule has 1 aliphatic carbocycles. The Morgan fingerprint density at radius 3 is 2.52 bits per heavy atom. The van der Waals surface area contributed by atoms with Gasteiger partial charge in [0, 0.05) is 13.1 Å². The van der Waals surface area contributed by atoms with Crippen LogP contribution in [0.2, 0.25) is 5.02 Å². The zero-order valence-electron chi connectivity index (χ0n) is 16.3. The van der Waals surface area contributed by atoms with Gasteiger partial charge >= 0.3 is 5.97 Å². The van der Waals surface area contributed by atoms with Crippen molar-refractivity contribution in [1.29, 1.82) is 0 Å². The number of ether oxygens (including phenoxy) is 1. The lowest BCUT2D eigenvalue weighted by atomic mass is 9.90. The molecule has 1 aromatic heterocycles. The van der Waals surface area contributed by atoms with Crippen molar-refractivity contribution in [3.63, 3.8) is 0 Å². The van der Waals surface area contributed by atoms with Crippen LogP contribution in [0.5, 0.6) is 5.75 Å². The monoisotopic (exact) mass is 415 g/mol. The number of nitrogens with zero attached hydrogens (tertiary/aromatic N) is 3. The Bertz CT molecular complexity index is 820. The fourth-order valence-electron chi connectivity index (χ4n) is 4.38. The third kappa shape index (κ3) is 5.38. The molecule has 0 radical (unpaired) electrons. The van der Waals surface area contributed by atoms with Crippen molar-refractivity contribution < 1.29 is 14.6 Å². The van der Waals surface area contributed by atoms with Crippen LogP contribution in [0.15, 0.2) is 36.7 Å². The third-order valence-electron chi connectivity index (χ3n) is 6.05. The average Bonchev–Trinajstić information content (AvgIpc) is 3.49. The van der Waals surface area contributed by atoms with Gasteiger partial charge in [0.1, 0.15) is 5.75 Å². The maximum Gasteiger partial charge on any atom is 0.307 e. The molecule has 1 aromatic carbocycles. The SMILES string of the molecule is O=C(O)Cc1ccc(OCCC2CC2C2CCN(c3ncc(Cl)cn3)CC2)cc1. The molecule has 154 valence electrons. The summed E-state index contributed by atoms with van der Waals surface area (Å²) in [5.74, 6) is 3.16. The predicted octanol–water partition coefficient (Wildman–Crippen LogP) is 4.08. The quantitative estimate of drug-likeness (QED) is 0.700. The normalized spacial score (nSPS) is 21.8. The Hall–Kier alpha value is -2.34. The molecule has 0 bridgehead atoms. The Morgan fingerprint density at radius 1 is 1.17 bits per heavy atom. The number of hydrogen-bond donors (Lipinski definition) is 1. The molecule has 2 heterocycles. The number of rotatable bonds is 8. The number of aliphatic carboxylic acids is 1. The van der Waals surface area contributed by atoms with E-state index in [0.29, 0.717) is 5.02 Å². The highest BCUT2D eigenvalue weighted by Gasteiger charge is 2.43. The second-order valence-corrected chi connectivity index (χ2v) is 8.47. The van der Waals surface area contributed by atoms with E-state index in [4.69, 9.17) is 21.4 Å². The Kier molecular flexibility index (Phi) is 6.19. The summed E-state index contributed by atoms with van der Waals surface area (Å²) >= 11 is 5.87. The number of aromatic nitrogens is 2. The van der Waals surface area contributed by atoms with Crippen LogP contribution in [0.25, 0.3) is 0 Å². The molecule has 6 nitrogen and oxygen atoms in total. The van der Waals surface area contributed by atoms with Gasteiger partial charge in [0.25, 0.3) is 0 Å². The van der Waals surface area contributed by atoms with Gasteiger partial charge in [-0.3, -0.25) is 4.79 Å². The summed E-state index contributed by atoms with van der Waals surface area (Å²) in [7, 11) is 0. The number of carbonyl (C=O) groups is 1. The lowest BCUT2D eigenvalue weighted by Gasteiger charge is -2.32. The van der Waals surface area contributed by atoms with Gasteiger partial charge in [0.15, 0.2) is 0 Å². The number of hydrogen-bond acceptors (Lipinski definition) is 5. The van der Waals surface area contributed by atoms with E-state index in [-0.39, 0.29) is 6.42 Å². The van der Waals surface area contributed by atoms with Gasteiger partial charge in [-0.15, -0.1) is 0 Å². The first-order valence-electron chi connectivity index (χ1n) is 10.2. The van der Waals surface area contributed by atoms with Crippen LogP contribution in [0.3, 0.4) is 0 Å². The first-order chi connectivity index (χ1) is 14.1. The minimum atomic E-state index is -0.815. The van der Waals surface area contributed by atoms with Crippen molar-refractivity contribution in [3.05, 3.63) is 47.2 Å². The van der Waals surface area contributed by atoms with Crippen molar-refractivity contribution in [2.45, 2.75) is 32.1 Å². The largest absolute Gasteiger partial charge is 0.494 e. The Labute approximate surface area is 175 Å². The highest BCUT2D eigenvalue weighted by atomic mass is 35.5. The summed E-state index contributed by atoms with van der Waals surface area (Å²) < 4.78 is 5.85. The van der Waals surface area contributed by atoms with E-state index in [9.17, 15) is 4.79 Å². The molecule has 2 aromatic rings. The smallest absolute Gasteiger partial charge is 0.307 e. The second kappa shape index (κ2) is 8.99. The van der Waals surface area contributed by atoms with Crippen molar-refractivity contribution in [3.8, 4) is 5.75 Å². The van der Waals surface area contributed by atoms with Gasteiger partial charge in [0.2, 0.25) is 5.95 Å². The van der Waals surface area contributed by atoms with Crippen LogP contribution in [0, 0.1) is 17.8 Å². The lowest BCUT2D eigenvalue weighted by Crippen LogP contribution is -2.35. The molecular weight excluding hydrogens is 390 g/mol. The van der Waals surface area contributed by atoms with Crippen molar-refractivity contribution in [1.82, 2.24) is 9.97 Å². The summed E-state index contributed by atoms with van der Waals surface area (Å²) in [4.78, 5) is 21.6. The van der Waals surface area contributed by atoms with Crippen LogP contribution in [0.4, 0.5) is 5.95 Å². The van der Waals surface area contributed by atoms with Gasteiger partial charge in [-0.2, -0.15) is 0 Å². The molecule has 2 atom stereocenters. The maximum absolute atomic E-state index is 10.7. The molecule has 7 heteroatoms. The van der Waals surface area contributed by atoms with Crippen molar-refractivity contribution >= 4 is 23.5 Å². The Balaban J connectivity index is 1.16. The molecule has 1 N–H and O–H groups in total. The van der Waals surface area contributed by atoms with E-state index in [2.05, 4.69) is 14.9 Å². The lowest BCUT2D eigenvalue weighted by molar-refractivity contribution is -0.136. The van der Waals surface area contributed by atoms with Crippen LogP contribution < -0.4 is 9.64 Å². The van der Waals surface area contributed by atoms with E-state index >= 15 is 0 Å². The fourth-order valence-corrected chi connectivity index (χ4v) is 4.48. The number of anilines is 1. The van der Waals surface area contributed by atoms with E-state index in [1.54, 1.807) is 12.4 Å². The molecule has 0 spiro atoms. The molecule has 2 aliphatic rings. The standard InChI is InChI=1S/C22H26ClN3O3/c23-18-13-24-22(25-14-18)26-8-5-16(6-9-26)20-12-17(20)7-10-29-19-3-1-15(2-4-19)11-21(27)28/h1-4,13-14,16-17,20H,5-12H2,(H,27,28). The van der Waals surface area contributed by atoms with Crippen LogP contribution in [-0.4, -0.2) is 40.7 Å². The topological polar surface area (TPSA) is 75.6 Å². The molecule has 1 aliphatic heterocycles. The minimum absolute atomic E-state index is 0.0486. The molecule has 0 amide bonds. The molecular formula is C22H26ClN3O3. The van der Waals surface area contributed by atoms with E-state index in [0.717, 1.165) is 61.1 Å². The van der Waals surface area contributed by atoms with E-state index in [1.807, 2.05) is 24.3 Å². The molecule has 29 heavy (non-hydrogen) atoms. The highest BCUT2D eigenvalue weighted by molar-refractivity contribution is 6.30. The second-order valence-electron chi connectivity index (χ2n) is 8.04. The summed E-state index contributed by atoms with van der Waals surface area (Å²) in [6.45, 7) is 2.74. The van der Waals surface area contributed by atoms with Gasteiger partial charge in [-0.1, -0.05) is 23.7 Å². The predicted molar refractivity (Wildman–Crippen MR) is 111 cm³/mol. The average molecular weight is 416 g/mol. The van der Waals surface area contributed by atoms with E-state index < -0.39 is 5.97 Å². The van der Waals surface area contributed by atoms with Crippen molar-refractivity contribution in [2.24, 2.45) is 17.8 Å². The van der Waals surface area contributed by atoms with Gasteiger partial charge in [0.05, 0.1) is 30.4 Å². The summed E-state index contributed by atoms with van der Waals surface area (Å²) in [5.41, 5.74) is 0.794. The minimum Gasteiger partial charge on any atom is -0.494 e. The number of carboxylic acid groups (broad SMARTS) is 1. The molecule has 4 rings (SSSR count). The van der Waals surface area contributed by atoms with Crippen LogP contribution in [-0.2, 0) is 11.2 Å². The number of halogens is 1. The summed E-state index contributed by atoms with van der Waals surface area (Å²) in [5, 5.41) is 9.39. The molecule has 1 saturated carbocycles. The number of piperidine rings is 1. The molecule has 1 saturated heterocycles. The first kappa shape index (κ1) is 20.0. The highest BCUT2D eigenvalue weighted by Crippen LogP contribution is 2.49. The third-order valence-corrected chi connectivity index (χ3v) is 6.24. The molecule has 2 unspecified atom stereocenters. The Morgan fingerprint density at radius 2 is 1.86 bits per heavy atom. The van der Waals surface area contributed by atoms with Gasteiger partial charge < -0.3 is 14.7 Å². The summed E-state index contributed by atoms with van der Waals surface area (Å²) in [6, 6.07) is 7.36. The molecule has 2 fully saturated rings. The first-order valence-corrected chi connectivity index (χ1v) is 10.6. The van der Waals surface area contributed by atoms with Crippen LogP contribution >= 0.6 is 11.6 Å². The zero-order valence-corrected chi connectivity index (χ0v) is 17.1. The summed E-state index contributed by atoms with van der Waals surface area (Å²) in [6.07, 6.45) is 8.15. The number of carboxylic acids is 1.